The zero-order chi connectivity index (χ0) is 20.1. The van der Waals surface area contributed by atoms with Crippen molar-refractivity contribution < 1.29 is 27.8 Å². The standard InChI is InChI=1S/C20H25NO6S/c1-15-5-4-7-17(13-15)28(24,25)21-18-8-3-2-6-16(18)14-19(21)20(23)27-12-11-26-10-9-22/h2-3,5-6,8,13,19,22H,4,7,9-12,14H2,1H3. The predicted octanol–water partition coefficient (Wildman–Crippen LogP) is 1.92. The fraction of sp³-hybridized carbons (Fsp3) is 0.450. The van der Waals surface area contributed by atoms with Gasteiger partial charge in [-0.2, -0.15) is 0 Å². The number of aliphatic hydroxyl groups is 1. The molecule has 0 radical (unpaired) electrons. The van der Waals surface area contributed by atoms with Crippen LogP contribution in [0.1, 0.15) is 25.3 Å². The number of aliphatic hydroxyl groups excluding tert-OH is 1. The minimum absolute atomic E-state index is 0.00408. The van der Waals surface area contributed by atoms with Gasteiger partial charge in [0.1, 0.15) is 12.6 Å². The number of hydrogen-bond donors (Lipinski definition) is 1. The Kier molecular flexibility index (Phi) is 6.53. The second-order valence-corrected chi connectivity index (χ2v) is 8.62. The number of hydrogen-bond acceptors (Lipinski definition) is 6. The largest absolute Gasteiger partial charge is 0.462 e. The van der Waals surface area contributed by atoms with E-state index in [1.165, 1.54) is 4.31 Å². The third-order valence-corrected chi connectivity index (χ3v) is 6.69. The summed E-state index contributed by atoms with van der Waals surface area (Å²) in [6, 6.07) is 6.20. The number of rotatable bonds is 8. The summed E-state index contributed by atoms with van der Waals surface area (Å²) in [5.74, 6) is -0.601. The van der Waals surface area contributed by atoms with Gasteiger partial charge >= 0.3 is 5.97 Å². The van der Waals surface area contributed by atoms with Gasteiger partial charge < -0.3 is 14.6 Å². The molecule has 0 saturated heterocycles. The van der Waals surface area contributed by atoms with E-state index in [-0.39, 0.29) is 32.8 Å². The highest BCUT2D eigenvalue weighted by Crippen LogP contribution is 2.38. The van der Waals surface area contributed by atoms with Crippen LogP contribution in [0.5, 0.6) is 0 Å². The summed E-state index contributed by atoms with van der Waals surface area (Å²) in [5.41, 5.74) is 2.22. The fourth-order valence-electron chi connectivity index (χ4n) is 3.45. The van der Waals surface area contributed by atoms with Crippen molar-refractivity contribution in [1.29, 1.82) is 0 Å². The van der Waals surface area contributed by atoms with E-state index in [1.807, 2.05) is 25.1 Å². The molecular formula is C20H25NO6S. The third kappa shape index (κ3) is 4.29. The summed E-state index contributed by atoms with van der Waals surface area (Å²) < 4.78 is 38.3. The van der Waals surface area contributed by atoms with Gasteiger partial charge in [0.15, 0.2) is 0 Å². The lowest BCUT2D eigenvalue weighted by Gasteiger charge is -2.27. The summed E-state index contributed by atoms with van der Waals surface area (Å²) in [5, 5.41) is 8.70. The van der Waals surface area contributed by atoms with Crippen molar-refractivity contribution in [3.8, 4) is 0 Å². The first-order valence-corrected chi connectivity index (χ1v) is 10.7. The van der Waals surface area contributed by atoms with Crippen LogP contribution in [0.4, 0.5) is 5.69 Å². The molecule has 0 saturated carbocycles. The Morgan fingerprint density at radius 2 is 2.04 bits per heavy atom. The van der Waals surface area contributed by atoms with Crippen molar-refractivity contribution in [2.45, 2.75) is 32.2 Å². The van der Waals surface area contributed by atoms with E-state index >= 15 is 0 Å². The lowest BCUT2D eigenvalue weighted by Crippen LogP contribution is -2.44. The first-order valence-electron chi connectivity index (χ1n) is 9.30. The number of carbonyl (C=O) groups excluding carboxylic acids is 1. The summed E-state index contributed by atoms with van der Waals surface area (Å²) in [6.07, 6.45) is 5.01. The molecule has 0 spiro atoms. The zero-order valence-electron chi connectivity index (χ0n) is 15.8. The van der Waals surface area contributed by atoms with Gasteiger partial charge in [-0.15, -0.1) is 0 Å². The molecule has 28 heavy (non-hydrogen) atoms. The van der Waals surface area contributed by atoms with Crippen molar-refractivity contribution in [2.75, 3.05) is 30.7 Å². The molecule has 1 N–H and O–H groups in total. The quantitative estimate of drug-likeness (QED) is 0.523. The van der Waals surface area contributed by atoms with E-state index in [2.05, 4.69) is 0 Å². The molecule has 0 bridgehead atoms. The Hall–Kier alpha value is -2.16. The average Bonchev–Trinajstić information content (AvgIpc) is 3.08. The van der Waals surface area contributed by atoms with Crippen LogP contribution in [0.25, 0.3) is 0 Å². The average molecular weight is 407 g/mol. The van der Waals surface area contributed by atoms with Crippen LogP contribution in [0.15, 0.2) is 46.9 Å². The van der Waals surface area contributed by atoms with Gasteiger partial charge in [-0.05, 0) is 37.5 Å². The van der Waals surface area contributed by atoms with Gasteiger partial charge in [0, 0.05) is 6.42 Å². The number of anilines is 1. The first-order chi connectivity index (χ1) is 13.4. The van der Waals surface area contributed by atoms with Crippen LogP contribution in [0.3, 0.4) is 0 Å². The molecule has 0 aromatic heterocycles. The summed E-state index contributed by atoms with van der Waals surface area (Å²) in [6.45, 7) is 2.07. The Morgan fingerprint density at radius 1 is 1.25 bits per heavy atom. The topological polar surface area (TPSA) is 93.1 Å². The smallest absolute Gasteiger partial charge is 0.330 e. The molecule has 1 aliphatic carbocycles. The van der Waals surface area contributed by atoms with E-state index < -0.39 is 22.0 Å². The molecular weight excluding hydrogens is 382 g/mol. The predicted molar refractivity (Wildman–Crippen MR) is 105 cm³/mol. The Labute approximate surface area is 165 Å². The molecule has 1 atom stereocenters. The van der Waals surface area contributed by atoms with Crippen LogP contribution in [-0.4, -0.2) is 52.0 Å². The van der Waals surface area contributed by atoms with Crippen LogP contribution in [0.2, 0.25) is 0 Å². The maximum Gasteiger partial charge on any atom is 0.330 e. The molecule has 0 amide bonds. The van der Waals surface area contributed by atoms with Crippen LogP contribution in [0, 0.1) is 0 Å². The minimum Gasteiger partial charge on any atom is -0.462 e. The van der Waals surface area contributed by atoms with Gasteiger partial charge in [-0.3, -0.25) is 4.31 Å². The number of nitrogens with zero attached hydrogens (tertiary/aromatic N) is 1. The summed E-state index contributed by atoms with van der Waals surface area (Å²) in [7, 11) is -3.85. The Bertz CT molecular complexity index is 890. The van der Waals surface area contributed by atoms with Gasteiger partial charge in [-0.25, -0.2) is 13.2 Å². The molecule has 1 aliphatic heterocycles. The van der Waals surface area contributed by atoms with Gasteiger partial charge in [0.25, 0.3) is 10.0 Å². The summed E-state index contributed by atoms with van der Waals surface area (Å²) >= 11 is 0. The number of benzene rings is 1. The number of carbonyl (C=O) groups is 1. The molecule has 7 nitrogen and oxygen atoms in total. The number of para-hydroxylation sites is 1. The lowest BCUT2D eigenvalue weighted by molar-refractivity contribution is -0.146. The maximum atomic E-state index is 13.4. The maximum absolute atomic E-state index is 13.4. The molecule has 1 aromatic rings. The van der Waals surface area contributed by atoms with Crippen molar-refractivity contribution in [1.82, 2.24) is 0 Å². The number of fused-ring (bicyclic) bond motifs is 1. The molecule has 2 aliphatic rings. The van der Waals surface area contributed by atoms with Crippen LogP contribution < -0.4 is 4.31 Å². The third-order valence-electron chi connectivity index (χ3n) is 4.74. The van der Waals surface area contributed by atoms with E-state index in [0.29, 0.717) is 23.4 Å². The number of sulfonamides is 1. The molecule has 8 heteroatoms. The number of ether oxygens (including phenoxy) is 2. The van der Waals surface area contributed by atoms with E-state index in [9.17, 15) is 13.2 Å². The number of esters is 1. The molecule has 3 rings (SSSR count). The van der Waals surface area contributed by atoms with Crippen molar-refractivity contribution >= 4 is 21.7 Å². The zero-order valence-corrected chi connectivity index (χ0v) is 16.7. The van der Waals surface area contributed by atoms with Gasteiger partial charge in [0.2, 0.25) is 0 Å². The van der Waals surface area contributed by atoms with E-state index in [4.69, 9.17) is 14.6 Å². The SMILES string of the molecule is CC1=CCCC(S(=O)(=O)N2c3ccccc3CC2C(=O)OCCOCCO)=C1. The molecule has 0 fully saturated rings. The molecule has 152 valence electrons. The van der Waals surface area contributed by atoms with E-state index in [1.54, 1.807) is 18.2 Å². The Morgan fingerprint density at radius 3 is 2.79 bits per heavy atom. The second kappa shape index (κ2) is 8.89. The lowest BCUT2D eigenvalue weighted by atomic mass is 10.1. The van der Waals surface area contributed by atoms with Crippen molar-refractivity contribution in [3.05, 3.63) is 52.5 Å². The Balaban J connectivity index is 1.84. The van der Waals surface area contributed by atoms with Gasteiger partial charge in [0.05, 0.1) is 30.4 Å². The fourth-order valence-corrected chi connectivity index (χ4v) is 5.35. The van der Waals surface area contributed by atoms with E-state index in [0.717, 1.165) is 11.1 Å². The van der Waals surface area contributed by atoms with Crippen molar-refractivity contribution in [3.63, 3.8) is 0 Å². The molecule has 1 aromatic carbocycles. The summed E-state index contributed by atoms with van der Waals surface area (Å²) in [4.78, 5) is 13.0. The number of allylic oxidation sites excluding steroid dienone is 4. The van der Waals surface area contributed by atoms with Crippen LogP contribution in [-0.2, 0) is 30.7 Å². The normalized spacial score (nSPS) is 19.1. The molecule has 1 unspecified atom stereocenters. The second-order valence-electron chi connectivity index (χ2n) is 6.75. The molecule has 1 heterocycles. The highest BCUT2D eigenvalue weighted by atomic mass is 32.2. The monoisotopic (exact) mass is 407 g/mol. The van der Waals surface area contributed by atoms with Crippen molar-refractivity contribution in [2.24, 2.45) is 0 Å². The first kappa shape index (κ1) is 20.6. The minimum atomic E-state index is -3.85. The highest BCUT2D eigenvalue weighted by molar-refractivity contribution is 7.96. The van der Waals surface area contributed by atoms with Crippen LogP contribution >= 0.6 is 0 Å². The van der Waals surface area contributed by atoms with Gasteiger partial charge in [-0.1, -0.05) is 29.8 Å². The highest BCUT2D eigenvalue weighted by Gasteiger charge is 2.43.